The van der Waals surface area contributed by atoms with E-state index in [-0.39, 0.29) is 19.2 Å². The molecule has 1 amide bonds. The molecule has 8 heteroatoms. The maximum atomic E-state index is 12.2. The molecular formula is C34H39N3O5. The standard InChI is InChI=1S/C34H39N3O5/c1-2-3-4-5-9-20-41-30-18-16-27(17-19-30)29-22-35-32(36-23-29)28-14-12-25(13-15-28)21-31(33(38)39)37-34(40)42-24-26-10-7-6-8-11-26/h6-8,10-19,22-23,31-32,35H,2-5,9,20-21,24H2,1H3,(H,37,40)(H,38,39)/t31-,32?/m0/s1. The van der Waals surface area contributed by atoms with Crippen LogP contribution >= 0.6 is 0 Å². The molecule has 3 aromatic carbocycles. The maximum absolute atomic E-state index is 12.2. The smallest absolute Gasteiger partial charge is 0.408 e. The molecule has 0 saturated heterocycles. The monoisotopic (exact) mass is 569 g/mol. The van der Waals surface area contributed by atoms with E-state index < -0.39 is 18.1 Å². The number of carboxylic acids is 1. The van der Waals surface area contributed by atoms with Crippen molar-refractivity contribution in [1.29, 1.82) is 0 Å². The summed E-state index contributed by atoms with van der Waals surface area (Å²) in [6, 6.07) is 23.7. The number of unbranched alkanes of at least 4 members (excludes halogenated alkanes) is 4. The number of amides is 1. The minimum absolute atomic E-state index is 0.0672. The van der Waals surface area contributed by atoms with Gasteiger partial charge in [0.05, 0.1) is 6.61 Å². The van der Waals surface area contributed by atoms with Crippen molar-refractivity contribution in [2.45, 2.75) is 64.3 Å². The van der Waals surface area contributed by atoms with Gasteiger partial charge in [-0.05, 0) is 40.8 Å². The van der Waals surface area contributed by atoms with E-state index in [0.29, 0.717) is 0 Å². The Morgan fingerprint density at radius 1 is 0.929 bits per heavy atom. The molecule has 4 rings (SSSR count). The second-order valence-electron chi connectivity index (χ2n) is 10.3. The molecule has 1 aliphatic heterocycles. The molecule has 0 spiro atoms. The van der Waals surface area contributed by atoms with Crippen LogP contribution in [-0.2, 0) is 22.6 Å². The first-order chi connectivity index (χ1) is 20.5. The van der Waals surface area contributed by atoms with Gasteiger partial charge in [0.1, 0.15) is 24.6 Å². The van der Waals surface area contributed by atoms with E-state index in [1.807, 2.05) is 91.3 Å². The van der Waals surface area contributed by atoms with Crippen molar-refractivity contribution in [3.8, 4) is 5.75 Å². The molecular weight excluding hydrogens is 530 g/mol. The molecule has 3 aromatic rings. The summed E-state index contributed by atoms with van der Waals surface area (Å²) in [7, 11) is 0. The highest BCUT2D eigenvalue weighted by Crippen LogP contribution is 2.24. The third-order valence-corrected chi connectivity index (χ3v) is 7.00. The van der Waals surface area contributed by atoms with Gasteiger partial charge in [-0.3, -0.25) is 4.99 Å². The Morgan fingerprint density at radius 2 is 1.67 bits per heavy atom. The molecule has 2 atom stereocenters. The lowest BCUT2D eigenvalue weighted by atomic mass is 10.0. The van der Waals surface area contributed by atoms with Crippen LogP contribution in [0.1, 0.15) is 67.4 Å². The highest BCUT2D eigenvalue weighted by atomic mass is 16.5. The summed E-state index contributed by atoms with van der Waals surface area (Å²) >= 11 is 0. The number of allylic oxidation sites excluding steroid dienone is 1. The second kappa shape index (κ2) is 16.0. The summed E-state index contributed by atoms with van der Waals surface area (Å²) in [6.45, 7) is 3.02. The third kappa shape index (κ3) is 9.51. The van der Waals surface area contributed by atoms with Gasteiger partial charge < -0.3 is 25.2 Å². The first kappa shape index (κ1) is 30.4. The van der Waals surface area contributed by atoms with Crippen LogP contribution in [0, 0.1) is 0 Å². The van der Waals surface area contributed by atoms with Crippen LogP contribution in [0.2, 0.25) is 0 Å². The van der Waals surface area contributed by atoms with E-state index in [1.54, 1.807) is 0 Å². The zero-order valence-corrected chi connectivity index (χ0v) is 24.0. The summed E-state index contributed by atoms with van der Waals surface area (Å²) in [4.78, 5) is 28.6. The molecule has 0 fully saturated rings. The van der Waals surface area contributed by atoms with Crippen LogP contribution in [0.25, 0.3) is 5.57 Å². The van der Waals surface area contributed by atoms with Crippen LogP contribution in [0.3, 0.4) is 0 Å². The van der Waals surface area contributed by atoms with E-state index in [9.17, 15) is 14.7 Å². The fraction of sp³-hybridized carbons (Fsp3) is 0.324. The summed E-state index contributed by atoms with van der Waals surface area (Å²) < 4.78 is 11.0. The van der Waals surface area contributed by atoms with Gasteiger partial charge >= 0.3 is 12.1 Å². The van der Waals surface area contributed by atoms with Gasteiger partial charge in [0.15, 0.2) is 0 Å². The number of ether oxygens (including phenoxy) is 2. The molecule has 1 unspecified atom stereocenters. The summed E-state index contributed by atoms with van der Waals surface area (Å²) in [5.41, 5.74) is 4.56. The largest absolute Gasteiger partial charge is 0.494 e. The predicted molar refractivity (Wildman–Crippen MR) is 164 cm³/mol. The number of hydrogen-bond acceptors (Lipinski definition) is 6. The number of aliphatic carboxylic acids is 1. The van der Waals surface area contributed by atoms with Crippen LogP contribution < -0.4 is 15.4 Å². The summed E-state index contributed by atoms with van der Waals surface area (Å²) in [6.07, 6.45) is 8.97. The quantitative estimate of drug-likeness (QED) is 0.176. The topological polar surface area (TPSA) is 109 Å². The lowest BCUT2D eigenvalue weighted by Crippen LogP contribution is -2.42. The van der Waals surface area contributed by atoms with Crippen molar-refractivity contribution in [2.75, 3.05) is 6.61 Å². The van der Waals surface area contributed by atoms with E-state index >= 15 is 0 Å². The van der Waals surface area contributed by atoms with Gasteiger partial charge in [0.25, 0.3) is 0 Å². The average molecular weight is 570 g/mol. The van der Waals surface area contributed by atoms with E-state index in [0.717, 1.165) is 46.6 Å². The number of aliphatic imine (C=N–C) groups is 1. The first-order valence-electron chi connectivity index (χ1n) is 14.5. The Hall–Kier alpha value is -4.59. The Balaban J connectivity index is 1.24. The van der Waals surface area contributed by atoms with Gasteiger partial charge in [0, 0.05) is 24.4 Å². The molecule has 8 nitrogen and oxygen atoms in total. The van der Waals surface area contributed by atoms with E-state index in [1.165, 1.54) is 25.7 Å². The van der Waals surface area contributed by atoms with Gasteiger partial charge in [-0.1, -0.05) is 99.3 Å². The van der Waals surface area contributed by atoms with Crippen LogP contribution in [0.5, 0.6) is 5.75 Å². The van der Waals surface area contributed by atoms with Gasteiger partial charge in [-0.2, -0.15) is 0 Å². The third-order valence-electron chi connectivity index (χ3n) is 7.00. The number of carbonyl (C=O) groups excluding carboxylic acids is 1. The molecule has 220 valence electrons. The predicted octanol–water partition coefficient (Wildman–Crippen LogP) is 6.67. The number of alkyl carbamates (subject to hydrolysis) is 1. The van der Waals surface area contributed by atoms with Gasteiger partial charge in [-0.25, -0.2) is 9.59 Å². The Morgan fingerprint density at radius 3 is 2.33 bits per heavy atom. The van der Waals surface area contributed by atoms with Crippen molar-refractivity contribution >= 4 is 23.9 Å². The van der Waals surface area contributed by atoms with Crippen LogP contribution in [0.15, 0.2) is 90.1 Å². The molecule has 1 heterocycles. The molecule has 42 heavy (non-hydrogen) atoms. The number of hydrogen-bond donors (Lipinski definition) is 3. The van der Waals surface area contributed by atoms with Crippen molar-refractivity contribution in [1.82, 2.24) is 10.6 Å². The van der Waals surface area contributed by atoms with Crippen molar-refractivity contribution in [2.24, 2.45) is 4.99 Å². The lowest BCUT2D eigenvalue weighted by Gasteiger charge is -2.19. The average Bonchev–Trinajstić information content (AvgIpc) is 3.02. The molecule has 3 N–H and O–H groups in total. The number of nitrogens with zero attached hydrogens (tertiary/aromatic N) is 1. The minimum Gasteiger partial charge on any atom is -0.494 e. The SMILES string of the molecule is CCCCCCCOc1ccc(C2=CNC(c3ccc(C[C@H](NC(=O)OCc4ccccc4)C(=O)O)cc3)N=C2)cc1. The van der Waals surface area contributed by atoms with Gasteiger partial charge in [0.2, 0.25) is 0 Å². The number of nitrogens with one attached hydrogen (secondary N) is 2. The fourth-order valence-corrected chi connectivity index (χ4v) is 4.56. The number of benzene rings is 3. The normalized spacial score (nSPS) is 14.8. The Bertz CT molecular complexity index is 1340. The maximum Gasteiger partial charge on any atom is 0.408 e. The zero-order valence-electron chi connectivity index (χ0n) is 24.0. The number of carboxylic acid groups (broad SMARTS) is 1. The van der Waals surface area contributed by atoms with Crippen LogP contribution in [0.4, 0.5) is 4.79 Å². The van der Waals surface area contributed by atoms with Crippen molar-refractivity contribution in [3.05, 3.63) is 107 Å². The molecule has 1 aliphatic rings. The summed E-state index contributed by atoms with van der Waals surface area (Å²) in [5, 5.41) is 15.4. The Kier molecular flexibility index (Phi) is 11.6. The highest BCUT2D eigenvalue weighted by molar-refractivity contribution is 6.10. The van der Waals surface area contributed by atoms with Gasteiger partial charge in [-0.15, -0.1) is 0 Å². The number of rotatable bonds is 15. The second-order valence-corrected chi connectivity index (χ2v) is 10.3. The van der Waals surface area contributed by atoms with E-state index in [2.05, 4.69) is 22.5 Å². The Labute approximate surface area is 247 Å². The number of carbonyl (C=O) groups is 2. The molecule has 0 aromatic heterocycles. The van der Waals surface area contributed by atoms with Crippen molar-refractivity contribution < 1.29 is 24.2 Å². The zero-order chi connectivity index (χ0) is 29.6. The summed E-state index contributed by atoms with van der Waals surface area (Å²) in [5.74, 6) is -0.258. The minimum atomic E-state index is -1.13. The molecule has 0 radical (unpaired) electrons. The lowest BCUT2D eigenvalue weighted by molar-refractivity contribution is -0.139. The molecule has 0 aliphatic carbocycles. The first-order valence-corrected chi connectivity index (χ1v) is 14.5. The fourth-order valence-electron chi connectivity index (χ4n) is 4.56. The van der Waals surface area contributed by atoms with Crippen molar-refractivity contribution in [3.63, 3.8) is 0 Å². The molecule has 0 bridgehead atoms. The highest BCUT2D eigenvalue weighted by Gasteiger charge is 2.22. The van der Waals surface area contributed by atoms with Crippen LogP contribution in [-0.4, -0.2) is 36.0 Å². The van der Waals surface area contributed by atoms with E-state index in [4.69, 9.17) is 9.47 Å². The molecule has 0 saturated carbocycles.